The normalized spacial score (nSPS) is 15.5. The molecule has 0 heterocycles. The van der Waals surface area contributed by atoms with E-state index in [0.29, 0.717) is 12.6 Å². The SMILES string of the molecule is CCNC(=NCc1ccccc1OC)NCCCOC1CCCC1. The van der Waals surface area contributed by atoms with Gasteiger partial charge in [-0.15, -0.1) is 0 Å². The number of guanidine groups is 1. The molecule has 0 radical (unpaired) electrons. The van der Waals surface area contributed by atoms with Gasteiger partial charge in [-0.25, -0.2) is 4.99 Å². The average molecular weight is 333 g/mol. The van der Waals surface area contributed by atoms with Gasteiger partial charge in [-0.1, -0.05) is 31.0 Å². The first kappa shape index (κ1) is 18.6. The zero-order valence-corrected chi connectivity index (χ0v) is 15.0. The molecule has 2 N–H and O–H groups in total. The summed E-state index contributed by atoms with van der Waals surface area (Å²) in [6, 6.07) is 7.99. The summed E-state index contributed by atoms with van der Waals surface area (Å²) in [6.45, 7) is 5.20. The molecule has 1 aromatic carbocycles. The Labute approximate surface area is 145 Å². The minimum Gasteiger partial charge on any atom is -0.496 e. The van der Waals surface area contributed by atoms with Crippen LogP contribution in [0.5, 0.6) is 5.75 Å². The van der Waals surface area contributed by atoms with E-state index in [1.54, 1.807) is 7.11 Å². The second-order valence-electron chi connectivity index (χ2n) is 6.06. The summed E-state index contributed by atoms with van der Waals surface area (Å²) in [4.78, 5) is 4.64. The fourth-order valence-electron chi connectivity index (χ4n) is 2.92. The third kappa shape index (κ3) is 6.40. The first-order valence-corrected chi connectivity index (χ1v) is 9.09. The summed E-state index contributed by atoms with van der Waals surface area (Å²) in [5, 5.41) is 6.65. The van der Waals surface area contributed by atoms with E-state index in [1.807, 2.05) is 24.3 Å². The molecule has 0 bridgehead atoms. The third-order valence-electron chi connectivity index (χ3n) is 4.21. The molecule has 0 spiro atoms. The molecule has 0 atom stereocenters. The summed E-state index contributed by atoms with van der Waals surface area (Å²) in [7, 11) is 1.69. The maximum atomic E-state index is 5.89. The van der Waals surface area contributed by atoms with Crippen LogP contribution in [0.2, 0.25) is 0 Å². The third-order valence-corrected chi connectivity index (χ3v) is 4.21. The van der Waals surface area contributed by atoms with Crippen LogP contribution in [0, 0.1) is 0 Å². The van der Waals surface area contributed by atoms with E-state index >= 15 is 0 Å². The summed E-state index contributed by atoms with van der Waals surface area (Å²) < 4.78 is 11.3. The van der Waals surface area contributed by atoms with Crippen molar-refractivity contribution in [2.75, 3.05) is 26.8 Å². The summed E-state index contributed by atoms with van der Waals surface area (Å²) in [5.41, 5.74) is 1.08. The maximum absolute atomic E-state index is 5.89. The van der Waals surface area contributed by atoms with Crippen molar-refractivity contribution in [3.05, 3.63) is 29.8 Å². The number of rotatable bonds is 9. The standard InChI is InChI=1S/C19H31N3O2/c1-3-20-19(21-13-8-14-24-17-10-5-6-11-17)22-15-16-9-4-7-12-18(16)23-2/h4,7,9,12,17H,3,5-6,8,10-11,13-15H2,1-2H3,(H2,20,21,22). The molecular formula is C19H31N3O2. The molecule has 0 aromatic heterocycles. The number of nitrogens with zero attached hydrogens (tertiary/aromatic N) is 1. The Kier molecular flexibility index (Phi) is 8.46. The molecule has 1 fully saturated rings. The minimum absolute atomic E-state index is 0.498. The van der Waals surface area contributed by atoms with Crippen molar-refractivity contribution in [2.24, 2.45) is 4.99 Å². The molecule has 1 aliphatic carbocycles. The van der Waals surface area contributed by atoms with E-state index in [-0.39, 0.29) is 0 Å². The van der Waals surface area contributed by atoms with E-state index in [0.717, 1.165) is 43.4 Å². The van der Waals surface area contributed by atoms with Crippen LogP contribution >= 0.6 is 0 Å². The molecule has 0 saturated heterocycles. The smallest absolute Gasteiger partial charge is 0.191 e. The van der Waals surface area contributed by atoms with Gasteiger partial charge in [0.15, 0.2) is 5.96 Å². The predicted octanol–water partition coefficient (Wildman–Crippen LogP) is 3.10. The molecule has 1 saturated carbocycles. The molecule has 0 unspecified atom stereocenters. The van der Waals surface area contributed by atoms with Gasteiger partial charge in [0.2, 0.25) is 0 Å². The van der Waals surface area contributed by atoms with E-state index in [9.17, 15) is 0 Å². The Morgan fingerprint density at radius 2 is 2.00 bits per heavy atom. The van der Waals surface area contributed by atoms with Gasteiger partial charge in [0.05, 0.1) is 19.8 Å². The van der Waals surface area contributed by atoms with Crippen LogP contribution in [0.1, 0.15) is 44.6 Å². The van der Waals surface area contributed by atoms with Gasteiger partial charge in [0, 0.05) is 25.3 Å². The van der Waals surface area contributed by atoms with Crippen LogP contribution in [-0.2, 0) is 11.3 Å². The fraction of sp³-hybridized carbons (Fsp3) is 0.632. The van der Waals surface area contributed by atoms with Crippen LogP contribution < -0.4 is 15.4 Å². The molecule has 5 nitrogen and oxygen atoms in total. The monoisotopic (exact) mass is 333 g/mol. The predicted molar refractivity (Wildman–Crippen MR) is 98.6 cm³/mol. The van der Waals surface area contributed by atoms with Crippen molar-refractivity contribution in [1.29, 1.82) is 0 Å². The quantitative estimate of drug-likeness (QED) is 0.414. The lowest BCUT2D eigenvalue weighted by Gasteiger charge is -2.13. The molecule has 2 rings (SSSR count). The Balaban J connectivity index is 1.73. The van der Waals surface area contributed by atoms with Crippen LogP contribution in [-0.4, -0.2) is 38.9 Å². The Bertz CT molecular complexity index is 499. The molecular weight excluding hydrogens is 302 g/mol. The van der Waals surface area contributed by atoms with E-state index in [4.69, 9.17) is 9.47 Å². The summed E-state index contributed by atoms with van der Waals surface area (Å²) in [5.74, 6) is 1.71. The Hall–Kier alpha value is -1.75. The van der Waals surface area contributed by atoms with E-state index in [2.05, 4.69) is 22.5 Å². The highest BCUT2D eigenvalue weighted by Crippen LogP contribution is 2.20. The molecule has 1 aromatic rings. The zero-order chi connectivity index (χ0) is 17.0. The maximum Gasteiger partial charge on any atom is 0.191 e. The zero-order valence-electron chi connectivity index (χ0n) is 15.0. The second kappa shape index (κ2) is 10.9. The fourth-order valence-corrected chi connectivity index (χ4v) is 2.92. The van der Waals surface area contributed by atoms with Crippen molar-refractivity contribution in [1.82, 2.24) is 10.6 Å². The van der Waals surface area contributed by atoms with Gasteiger partial charge in [0.1, 0.15) is 5.75 Å². The Morgan fingerprint density at radius 3 is 2.75 bits per heavy atom. The molecule has 134 valence electrons. The molecule has 0 aliphatic heterocycles. The van der Waals surface area contributed by atoms with Gasteiger partial charge in [-0.2, -0.15) is 0 Å². The largest absolute Gasteiger partial charge is 0.496 e. The van der Waals surface area contributed by atoms with Crippen LogP contribution in [0.15, 0.2) is 29.3 Å². The lowest BCUT2D eigenvalue weighted by atomic mass is 10.2. The Morgan fingerprint density at radius 1 is 1.21 bits per heavy atom. The van der Waals surface area contributed by atoms with Crippen LogP contribution in [0.3, 0.4) is 0 Å². The number of para-hydroxylation sites is 1. The van der Waals surface area contributed by atoms with Gasteiger partial charge >= 0.3 is 0 Å². The number of benzene rings is 1. The number of ether oxygens (including phenoxy) is 2. The highest BCUT2D eigenvalue weighted by atomic mass is 16.5. The second-order valence-corrected chi connectivity index (χ2v) is 6.06. The first-order valence-electron chi connectivity index (χ1n) is 9.09. The van der Waals surface area contributed by atoms with E-state index in [1.165, 1.54) is 25.7 Å². The molecule has 1 aliphatic rings. The number of hydrogen-bond acceptors (Lipinski definition) is 3. The van der Waals surface area contributed by atoms with Crippen molar-refractivity contribution >= 4 is 5.96 Å². The van der Waals surface area contributed by atoms with Crippen LogP contribution in [0.25, 0.3) is 0 Å². The lowest BCUT2D eigenvalue weighted by molar-refractivity contribution is 0.0574. The highest BCUT2D eigenvalue weighted by Gasteiger charge is 2.14. The number of aliphatic imine (C=N–C) groups is 1. The van der Waals surface area contributed by atoms with Gasteiger partial charge < -0.3 is 20.1 Å². The van der Waals surface area contributed by atoms with Gasteiger partial charge in [-0.3, -0.25) is 0 Å². The van der Waals surface area contributed by atoms with Gasteiger partial charge in [0.25, 0.3) is 0 Å². The average Bonchev–Trinajstić information content (AvgIpc) is 3.13. The van der Waals surface area contributed by atoms with Gasteiger partial charge in [-0.05, 0) is 32.3 Å². The van der Waals surface area contributed by atoms with Crippen molar-refractivity contribution < 1.29 is 9.47 Å². The molecule has 24 heavy (non-hydrogen) atoms. The van der Waals surface area contributed by atoms with E-state index < -0.39 is 0 Å². The minimum atomic E-state index is 0.498. The van der Waals surface area contributed by atoms with Crippen molar-refractivity contribution in [3.63, 3.8) is 0 Å². The number of nitrogens with one attached hydrogen (secondary N) is 2. The molecule has 0 amide bonds. The lowest BCUT2D eigenvalue weighted by Crippen LogP contribution is -2.38. The van der Waals surface area contributed by atoms with Crippen LogP contribution in [0.4, 0.5) is 0 Å². The first-order chi connectivity index (χ1) is 11.8. The number of hydrogen-bond donors (Lipinski definition) is 2. The highest BCUT2D eigenvalue weighted by molar-refractivity contribution is 5.79. The topological polar surface area (TPSA) is 54.9 Å². The van der Waals surface area contributed by atoms with Crippen molar-refractivity contribution in [2.45, 2.75) is 51.7 Å². The molecule has 5 heteroatoms. The summed E-state index contributed by atoms with van der Waals surface area (Å²) in [6.07, 6.45) is 6.60. The van der Waals surface area contributed by atoms with Crippen molar-refractivity contribution in [3.8, 4) is 5.75 Å². The summed E-state index contributed by atoms with van der Waals surface area (Å²) >= 11 is 0. The number of methoxy groups -OCH3 is 1.